The van der Waals surface area contributed by atoms with Gasteiger partial charge < -0.3 is 19.7 Å². The first kappa shape index (κ1) is 20.2. The first-order chi connectivity index (χ1) is 15.0. The van der Waals surface area contributed by atoms with Gasteiger partial charge >= 0.3 is 6.09 Å². The summed E-state index contributed by atoms with van der Waals surface area (Å²) >= 11 is 0. The fourth-order valence-electron chi connectivity index (χ4n) is 6.19. The summed E-state index contributed by atoms with van der Waals surface area (Å²) in [5.74, 6) is 2.90. The zero-order valence-corrected chi connectivity index (χ0v) is 17.3. The number of morpholine rings is 1. The molecule has 1 unspecified atom stereocenters. The fourth-order valence-corrected chi connectivity index (χ4v) is 6.19. The summed E-state index contributed by atoms with van der Waals surface area (Å²) in [6, 6.07) is 5.55. The molecule has 6 rings (SSSR count). The van der Waals surface area contributed by atoms with Crippen molar-refractivity contribution in [3.8, 4) is 5.75 Å². The number of hydrogen-bond acceptors (Lipinski definition) is 6. The minimum absolute atomic E-state index is 0.0762. The Morgan fingerprint density at radius 2 is 1.71 bits per heavy atom. The van der Waals surface area contributed by atoms with Gasteiger partial charge in [0.1, 0.15) is 5.75 Å². The van der Waals surface area contributed by atoms with Crippen molar-refractivity contribution >= 4 is 17.7 Å². The average Bonchev–Trinajstić information content (AvgIpc) is 2.76. The molecule has 166 valence electrons. The van der Waals surface area contributed by atoms with Gasteiger partial charge in [0.15, 0.2) is 6.10 Å². The molecule has 9 nitrogen and oxygen atoms in total. The molecule has 31 heavy (non-hydrogen) atoms. The van der Waals surface area contributed by atoms with Crippen molar-refractivity contribution < 1.29 is 24.0 Å². The molecule has 0 aromatic heterocycles. The third-order valence-corrected chi connectivity index (χ3v) is 7.41. The quantitative estimate of drug-likeness (QED) is 0.582. The molecule has 1 aromatic rings. The maximum Gasteiger partial charge on any atom is 0.415 e. The third kappa shape index (κ3) is 4.11. The van der Waals surface area contributed by atoms with E-state index < -0.39 is 17.1 Å². The van der Waals surface area contributed by atoms with Crippen LogP contribution in [0.25, 0.3) is 0 Å². The van der Waals surface area contributed by atoms with Gasteiger partial charge in [0, 0.05) is 24.7 Å². The van der Waals surface area contributed by atoms with Gasteiger partial charge in [0.2, 0.25) is 0 Å². The van der Waals surface area contributed by atoms with Gasteiger partial charge in [-0.1, -0.05) is 0 Å². The van der Waals surface area contributed by atoms with E-state index in [1.165, 1.54) is 61.3 Å². The summed E-state index contributed by atoms with van der Waals surface area (Å²) in [6.07, 6.45) is 4.94. The lowest BCUT2D eigenvalue weighted by Gasteiger charge is -2.54. The highest BCUT2D eigenvalue weighted by Crippen LogP contribution is 2.53. The number of carbonyl (C=O) groups excluding carboxylic acids is 2. The molecule has 2 amide bonds. The normalized spacial score (nSPS) is 33.7. The Hall–Kier alpha value is -2.68. The SMILES string of the molecule is O=C(NC1C2CC3CC(C2)CC1C3)C1CN(C(=O)Oc2ccc([N+](=O)[O-])cc2)CCO1. The maximum atomic E-state index is 12.9. The molecule has 4 aliphatic carbocycles. The number of hydrogen-bond donors (Lipinski definition) is 1. The van der Waals surface area contributed by atoms with Gasteiger partial charge in [0.05, 0.1) is 18.1 Å². The average molecular weight is 429 g/mol. The van der Waals surface area contributed by atoms with E-state index in [0.29, 0.717) is 18.4 Å². The van der Waals surface area contributed by atoms with Crippen molar-refractivity contribution in [1.82, 2.24) is 10.2 Å². The lowest BCUT2D eigenvalue weighted by Crippen LogP contribution is -2.59. The van der Waals surface area contributed by atoms with Crippen LogP contribution in [0, 0.1) is 33.8 Å². The Bertz CT molecular complexity index is 845. The molecule has 0 spiro atoms. The maximum absolute atomic E-state index is 12.9. The van der Waals surface area contributed by atoms with Gasteiger partial charge in [-0.15, -0.1) is 0 Å². The number of nitro groups is 1. The van der Waals surface area contributed by atoms with Crippen molar-refractivity contribution in [2.45, 2.75) is 44.2 Å². The molecule has 9 heteroatoms. The molecule has 1 saturated heterocycles. The molecular weight excluding hydrogens is 402 g/mol. The number of nitro benzene ring substituents is 1. The summed E-state index contributed by atoms with van der Waals surface area (Å²) in [7, 11) is 0. The number of nitrogens with zero attached hydrogens (tertiary/aromatic N) is 2. The first-order valence-electron chi connectivity index (χ1n) is 11.1. The Labute approximate surface area is 180 Å². The van der Waals surface area contributed by atoms with Gasteiger partial charge in [-0.25, -0.2) is 4.79 Å². The molecule has 5 aliphatic rings. The van der Waals surface area contributed by atoms with E-state index in [0.717, 1.165) is 11.8 Å². The zero-order chi connectivity index (χ0) is 21.5. The number of carbonyl (C=O) groups is 2. The van der Waals surface area contributed by atoms with Gasteiger partial charge in [0.25, 0.3) is 11.6 Å². The van der Waals surface area contributed by atoms with Gasteiger partial charge in [-0.05, 0) is 67.9 Å². The standard InChI is InChI=1S/C22H27N3O6/c26-21(23-20-15-8-13-7-14(10-15)11-16(20)9-13)19-12-24(5-6-30-19)22(27)31-18-3-1-17(2-4-18)25(28)29/h1-4,13-16,19-20H,5-12H2,(H,23,26). The number of ether oxygens (including phenoxy) is 2. The molecule has 1 atom stereocenters. The van der Waals surface area contributed by atoms with E-state index in [4.69, 9.17) is 9.47 Å². The minimum atomic E-state index is -0.713. The topological polar surface area (TPSA) is 111 Å². The van der Waals surface area contributed by atoms with Crippen LogP contribution in [0.1, 0.15) is 32.1 Å². The summed E-state index contributed by atoms with van der Waals surface area (Å²) in [5, 5.41) is 14.0. The first-order valence-corrected chi connectivity index (χ1v) is 11.1. The summed E-state index contributed by atoms with van der Waals surface area (Å²) < 4.78 is 11.0. The van der Waals surface area contributed by atoms with Gasteiger partial charge in [-0.2, -0.15) is 0 Å². The second-order valence-electron chi connectivity index (χ2n) is 9.39. The monoisotopic (exact) mass is 429 g/mol. The van der Waals surface area contributed by atoms with Crippen molar-refractivity contribution in [3.63, 3.8) is 0 Å². The Morgan fingerprint density at radius 3 is 2.32 bits per heavy atom. The van der Waals surface area contributed by atoms with E-state index >= 15 is 0 Å². The second kappa shape index (κ2) is 8.11. The molecule has 1 N–H and O–H groups in total. The zero-order valence-electron chi connectivity index (χ0n) is 17.3. The van der Waals surface area contributed by atoms with Crippen molar-refractivity contribution in [3.05, 3.63) is 34.4 Å². The van der Waals surface area contributed by atoms with Crippen LogP contribution in [-0.4, -0.2) is 53.7 Å². The number of nitrogens with one attached hydrogen (secondary N) is 1. The van der Waals surface area contributed by atoms with E-state index in [1.54, 1.807) is 0 Å². The molecular formula is C22H27N3O6. The van der Waals surface area contributed by atoms with E-state index in [9.17, 15) is 19.7 Å². The van der Waals surface area contributed by atoms with E-state index in [-0.39, 0.29) is 36.5 Å². The summed E-state index contributed by atoms with van der Waals surface area (Å²) in [4.78, 5) is 37.1. The van der Waals surface area contributed by atoms with Crippen LogP contribution in [0.4, 0.5) is 10.5 Å². The Kier molecular flexibility index (Phi) is 5.29. The van der Waals surface area contributed by atoms with Gasteiger partial charge in [-0.3, -0.25) is 14.9 Å². The van der Waals surface area contributed by atoms with E-state index in [2.05, 4.69) is 5.32 Å². The number of non-ortho nitro benzene ring substituents is 1. The van der Waals surface area contributed by atoms with E-state index in [1.807, 2.05) is 0 Å². The third-order valence-electron chi connectivity index (χ3n) is 7.41. The molecule has 4 saturated carbocycles. The van der Waals surface area contributed by atoms with Crippen LogP contribution in [0.3, 0.4) is 0 Å². The van der Waals surface area contributed by atoms with Crippen molar-refractivity contribution in [1.29, 1.82) is 0 Å². The van der Waals surface area contributed by atoms with Crippen molar-refractivity contribution in [2.24, 2.45) is 23.7 Å². The highest BCUT2D eigenvalue weighted by Gasteiger charge is 2.49. The molecule has 0 radical (unpaired) electrons. The largest absolute Gasteiger partial charge is 0.415 e. The highest BCUT2D eigenvalue weighted by molar-refractivity contribution is 5.82. The highest BCUT2D eigenvalue weighted by atomic mass is 16.6. The summed E-state index contributed by atoms with van der Waals surface area (Å²) in [5.41, 5.74) is -0.0762. The number of amides is 2. The number of rotatable bonds is 4. The second-order valence-corrected chi connectivity index (χ2v) is 9.39. The van der Waals surface area contributed by atoms with Crippen LogP contribution in [-0.2, 0) is 9.53 Å². The minimum Gasteiger partial charge on any atom is -0.410 e. The predicted octanol–water partition coefficient (Wildman–Crippen LogP) is 2.74. The molecule has 4 bridgehead atoms. The Balaban J connectivity index is 1.16. The van der Waals surface area contributed by atoms with Crippen LogP contribution in [0.5, 0.6) is 5.75 Å². The smallest absolute Gasteiger partial charge is 0.410 e. The summed E-state index contributed by atoms with van der Waals surface area (Å²) in [6.45, 7) is 0.716. The predicted molar refractivity (Wildman–Crippen MR) is 109 cm³/mol. The fraction of sp³-hybridized carbons (Fsp3) is 0.636. The molecule has 1 aliphatic heterocycles. The van der Waals surface area contributed by atoms with Crippen LogP contribution >= 0.6 is 0 Å². The molecule has 1 heterocycles. The number of benzene rings is 1. The molecule has 5 fully saturated rings. The lowest BCUT2D eigenvalue weighted by molar-refractivity contribution is -0.384. The Morgan fingerprint density at radius 1 is 1.06 bits per heavy atom. The molecule has 1 aromatic carbocycles. The lowest BCUT2D eigenvalue weighted by atomic mass is 9.54. The van der Waals surface area contributed by atoms with Crippen molar-refractivity contribution in [2.75, 3.05) is 19.7 Å². The van der Waals surface area contributed by atoms with Crippen LogP contribution in [0.2, 0.25) is 0 Å². The van der Waals surface area contributed by atoms with Crippen LogP contribution in [0.15, 0.2) is 24.3 Å². The van der Waals surface area contributed by atoms with Crippen LogP contribution < -0.4 is 10.1 Å².